The third-order valence-electron chi connectivity index (χ3n) is 4.95. The lowest BCUT2D eigenvalue weighted by atomic mass is 10.2. The highest BCUT2D eigenvalue weighted by Gasteiger charge is 2.13. The molecule has 33 heavy (non-hydrogen) atoms. The maximum Gasteiger partial charge on any atom is 0.329 e. The van der Waals surface area contributed by atoms with Gasteiger partial charge in [-0.3, -0.25) is 14.5 Å². The number of nitrogens with one attached hydrogen (secondary N) is 2. The molecule has 1 fully saturated rings. The number of morpholine rings is 1. The van der Waals surface area contributed by atoms with E-state index in [0.29, 0.717) is 22.9 Å². The molecular weight excluding hydrogens is 451 g/mol. The fraction of sp³-hybridized carbons (Fsp3) is 0.348. The highest BCUT2D eigenvalue weighted by atomic mass is 35.5. The van der Waals surface area contributed by atoms with Gasteiger partial charge in [-0.15, -0.1) is 0 Å². The Balaban J connectivity index is 1.36. The van der Waals surface area contributed by atoms with Gasteiger partial charge in [-0.1, -0.05) is 17.7 Å². The third kappa shape index (κ3) is 8.12. The van der Waals surface area contributed by atoms with Crippen molar-refractivity contribution in [1.29, 1.82) is 0 Å². The van der Waals surface area contributed by atoms with Crippen molar-refractivity contribution in [2.45, 2.75) is 13.0 Å². The van der Waals surface area contributed by atoms with Crippen molar-refractivity contribution in [3.8, 4) is 5.75 Å². The SMILES string of the molecule is O=C(NCCCN1CCOCC1)C(=O)N/N=C\c1ccc(OCc2c(F)cccc2Cl)cc1. The molecule has 0 saturated carbocycles. The number of hydrogen-bond donors (Lipinski definition) is 2. The van der Waals surface area contributed by atoms with Gasteiger partial charge in [0.25, 0.3) is 0 Å². The summed E-state index contributed by atoms with van der Waals surface area (Å²) in [7, 11) is 0. The molecule has 0 aliphatic carbocycles. The maximum absolute atomic E-state index is 13.8. The summed E-state index contributed by atoms with van der Waals surface area (Å²) in [6.07, 6.45) is 2.15. The van der Waals surface area contributed by atoms with Gasteiger partial charge in [0.05, 0.1) is 24.5 Å². The quantitative estimate of drug-likeness (QED) is 0.251. The van der Waals surface area contributed by atoms with Crippen LogP contribution in [-0.2, 0) is 20.9 Å². The molecule has 0 bridgehead atoms. The monoisotopic (exact) mass is 476 g/mol. The van der Waals surface area contributed by atoms with Crippen molar-refractivity contribution in [1.82, 2.24) is 15.6 Å². The minimum absolute atomic E-state index is 0.00341. The Morgan fingerprint density at radius 2 is 1.91 bits per heavy atom. The Bertz CT molecular complexity index is 945. The minimum atomic E-state index is -0.834. The molecule has 1 aliphatic rings. The lowest BCUT2D eigenvalue weighted by Gasteiger charge is -2.26. The molecule has 1 aliphatic heterocycles. The number of benzene rings is 2. The molecule has 176 valence electrons. The number of halogens is 2. The second-order valence-corrected chi connectivity index (χ2v) is 7.73. The minimum Gasteiger partial charge on any atom is -0.489 e. The molecule has 1 heterocycles. The Hall–Kier alpha value is -3.01. The topological polar surface area (TPSA) is 92.3 Å². The number of amides is 2. The average molecular weight is 477 g/mol. The lowest BCUT2D eigenvalue weighted by molar-refractivity contribution is -0.139. The van der Waals surface area contributed by atoms with Gasteiger partial charge in [-0.05, 0) is 54.9 Å². The first-order chi connectivity index (χ1) is 16.0. The Morgan fingerprint density at radius 3 is 2.64 bits per heavy atom. The van der Waals surface area contributed by atoms with Crippen LogP contribution in [0.1, 0.15) is 17.5 Å². The van der Waals surface area contributed by atoms with Gasteiger partial charge in [-0.25, -0.2) is 9.82 Å². The smallest absolute Gasteiger partial charge is 0.329 e. The van der Waals surface area contributed by atoms with E-state index in [1.54, 1.807) is 30.3 Å². The largest absolute Gasteiger partial charge is 0.489 e. The molecule has 8 nitrogen and oxygen atoms in total. The van der Waals surface area contributed by atoms with Crippen LogP contribution in [0.25, 0.3) is 0 Å². The van der Waals surface area contributed by atoms with Gasteiger partial charge in [0.1, 0.15) is 18.2 Å². The summed E-state index contributed by atoms with van der Waals surface area (Å²) >= 11 is 5.99. The number of rotatable bonds is 9. The summed E-state index contributed by atoms with van der Waals surface area (Å²) in [5.41, 5.74) is 3.16. The van der Waals surface area contributed by atoms with Crippen molar-refractivity contribution < 1.29 is 23.5 Å². The van der Waals surface area contributed by atoms with Crippen LogP contribution in [0.4, 0.5) is 4.39 Å². The predicted octanol–water partition coefficient (Wildman–Crippen LogP) is 2.35. The second kappa shape index (κ2) is 12.9. The molecule has 3 rings (SSSR count). The van der Waals surface area contributed by atoms with Gasteiger partial charge < -0.3 is 14.8 Å². The molecule has 0 unspecified atom stereocenters. The number of hydrogen-bond acceptors (Lipinski definition) is 6. The van der Waals surface area contributed by atoms with E-state index in [9.17, 15) is 14.0 Å². The van der Waals surface area contributed by atoms with E-state index in [1.165, 1.54) is 18.3 Å². The van der Waals surface area contributed by atoms with E-state index in [2.05, 4.69) is 20.7 Å². The molecular formula is C23H26ClFN4O4. The van der Waals surface area contributed by atoms with Crippen LogP contribution in [0.5, 0.6) is 5.75 Å². The van der Waals surface area contributed by atoms with Crippen molar-refractivity contribution >= 4 is 29.6 Å². The van der Waals surface area contributed by atoms with Gasteiger partial charge in [0, 0.05) is 25.2 Å². The normalized spacial score (nSPS) is 14.2. The van der Waals surface area contributed by atoms with Crippen molar-refractivity contribution in [3.63, 3.8) is 0 Å². The first-order valence-corrected chi connectivity index (χ1v) is 11.0. The first-order valence-electron chi connectivity index (χ1n) is 10.6. The van der Waals surface area contributed by atoms with E-state index in [1.807, 2.05) is 0 Å². The van der Waals surface area contributed by atoms with Gasteiger partial charge in [0.2, 0.25) is 0 Å². The molecule has 0 atom stereocenters. The van der Waals surface area contributed by atoms with Gasteiger partial charge in [0.15, 0.2) is 0 Å². The van der Waals surface area contributed by atoms with E-state index in [-0.39, 0.29) is 12.2 Å². The van der Waals surface area contributed by atoms with Crippen LogP contribution in [0.3, 0.4) is 0 Å². The molecule has 0 radical (unpaired) electrons. The highest BCUT2D eigenvalue weighted by molar-refractivity contribution is 6.35. The molecule has 2 aromatic rings. The number of hydrazone groups is 1. The number of ether oxygens (including phenoxy) is 2. The van der Waals surface area contributed by atoms with Crippen LogP contribution in [-0.4, -0.2) is 62.3 Å². The summed E-state index contributed by atoms with van der Waals surface area (Å²) in [6.45, 7) is 4.47. The zero-order chi connectivity index (χ0) is 23.5. The number of carbonyl (C=O) groups excluding carboxylic acids is 2. The van der Waals surface area contributed by atoms with Crippen LogP contribution >= 0.6 is 11.6 Å². The Morgan fingerprint density at radius 1 is 1.15 bits per heavy atom. The molecule has 0 aromatic heterocycles. The zero-order valence-electron chi connectivity index (χ0n) is 18.1. The molecule has 0 spiro atoms. The van der Waals surface area contributed by atoms with Crippen LogP contribution < -0.4 is 15.5 Å². The molecule has 10 heteroatoms. The summed E-state index contributed by atoms with van der Waals surface area (Å²) in [4.78, 5) is 25.9. The summed E-state index contributed by atoms with van der Waals surface area (Å²) in [6, 6.07) is 11.2. The van der Waals surface area contributed by atoms with Crippen molar-refractivity contribution in [2.75, 3.05) is 39.4 Å². The Kier molecular flexibility index (Phi) is 9.61. The summed E-state index contributed by atoms with van der Waals surface area (Å²) in [5.74, 6) is -1.47. The standard InChI is InChI=1S/C23H26ClFN4O4/c24-20-3-1-4-21(25)19(20)16-33-18-7-5-17(6-8-18)15-27-28-23(31)22(30)26-9-2-10-29-11-13-32-14-12-29/h1,3-8,15H,2,9-14,16H2,(H,26,30)(H,28,31)/b27-15-. The molecule has 2 aromatic carbocycles. The second-order valence-electron chi connectivity index (χ2n) is 7.32. The van der Waals surface area contributed by atoms with E-state index < -0.39 is 17.6 Å². The van der Waals surface area contributed by atoms with E-state index >= 15 is 0 Å². The van der Waals surface area contributed by atoms with Gasteiger partial charge >= 0.3 is 11.8 Å². The third-order valence-corrected chi connectivity index (χ3v) is 5.31. The Labute approximate surface area is 196 Å². The molecule has 2 N–H and O–H groups in total. The highest BCUT2D eigenvalue weighted by Crippen LogP contribution is 2.21. The zero-order valence-corrected chi connectivity index (χ0v) is 18.8. The van der Waals surface area contributed by atoms with Crippen LogP contribution in [0.2, 0.25) is 5.02 Å². The van der Waals surface area contributed by atoms with E-state index in [0.717, 1.165) is 39.3 Å². The van der Waals surface area contributed by atoms with Crippen molar-refractivity contribution in [2.24, 2.45) is 5.10 Å². The fourth-order valence-electron chi connectivity index (χ4n) is 3.10. The first kappa shape index (κ1) is 24.6. The predicted molar refractivity (Wildman–Crippen MR) is 123 cm³/mol. The molecule has 1 saturated heterocycles. The van der Waals surface area contributed by atoms with Crippen LogP contribution in [0.15, 0.2) is 47.6 Å². The van der Waals surface area contributed by atoms with Gasteiger partial charge in [-0.2, -0.15) is 5.10 Å². The lowest BCUT2D eigenvalue weighted by Crippen LogP contribution is -2.40. The number of nitrogens with zero attached hydrogens (tertiary/aromatic N) is 2. The molecule has 2 amide bonds. The van der Waals surface area contributed by atoms with Crippen LogP contribution in [0, 0.1) is 5.82 Å². The number of carbonyl (C=O) groups is 2. The summed E-state index contributed by atoms with van der Waals surface area (Å²) in [5, 5.41) is 6.68. The summed E-state index contributed by atoms with van der Waals surface area (Å²) < 4.78 is 24.6. The van der Waals surface area contributed by atoms with Crippen molar-refractivity contribution in [3.05, 3.63) is 64.4 Å². The fourth-order valence-corrected chi connectivity index (χ4v) is 3.32. The average Bonchev–Trinajstić information content (AvgIpc) is 2.83. The maximum atomic E-state index is 13.8. The van der Waals surface area contributed by atoms with E-state index in [4.69, 9.17) is 21.1 Å².